The molecule has 0 saturated carbocycles. The zero-order chi connectivity index (χ0) is 22.5. The quantitative estimate of drug-likeness (QED) is 0.667. The summed E-state index contributed by atoms with van der Waals surface area (Å²) in [5, 5.41) is 2.48. The summed E-state index contributed by atoms with van der Waals surface area (Å²) in [7, 11) is -3.82. The van der Waals surface area contributed by atoms with Gasteiger partial charge in [0.15, 0.2) is 0 Å². The number of nitrogens with one attached hydrogen (secondary N) is 1. The smallest absolute Gasteiger partial charge is 0.494 e. The first-order valence-corrected chi connectivity index (χ1v) is 10.6. The second kappa shape index (κ2) is 9.24. The average Bonchev–Trinajstić information content (AvgIpc) is 2.63. The molecule has 1 atom stereocenters. The van der Waals surface area contributed by atoms with Crippen LogP contribution in [0.5, 0.6) is 11.5 Å². The summed E-state index contributed by atoms with van der Waals surface area (Å²) in [6.07, 6.45) is -3.86. The average molecular weight is 446 g/mol. The molecule has 2 rings (SSSR count). The summed E-state index contributed by atoms with van der Waals surface area (Å²) < 4.78 is 71.3. The topological polar surface area (TPSA) is 84.9 Å². The van der Waals surface area contributed by atoms with Gasteiger partial charge in [0.1, 0.15) is 17.5 Å². The lowest BCUT2D eigenvalue weighted by Gasteiger charge is -2.28. The van der Waals surface area contributed by atoms with Crippen molar-refractivity contribution in [3.8, 4) is 11.5 Å². The van der Waals surface area contributed by atoms with Crippen LogP contribution in [-0.4, -0.2) is 39.6 Å². The molecule has 164 valence electrons. The number of carbonyl (C=O) groups is 1. The van der Waals surface area contributed by atoms with Crippen molar-refractivity contribution in [1.29, 1.82) is 0 Å². The first-order valence-electron chi connectivity index (χ1n) is 8.79. The molecule has 0 spiro atoms. The maximum absolute atomic E-state index is 12.6. The highest BCUT2D eigenvalue weighted by Gasteiger charge is 2.31. The van der Waals surface area contributed by atoms with Crippen LogP contribution in [0.3, 0.4) is 0 Å². The standard InChI is InChI=1S/C19H21F3N2O5S/c1-4-28-16-11-7-15(8-12-16)24(30(3,26)27)13(2)18(25)23-14-5-9-17(10-6-14)29-19(20,21)22/h5-13H,4H2,1-3H3,(H,23,25)/t13-/m1/s1. The summed E-state index contributed by atoms with van der Waals surface area (Å²) in [6, 6.07) is 9.56. The Morgan fingerprint density at radius 2 is 1.60 bits per heavy atom. The zero-order valence-electron chi connectivity index (χ0n) is 16.4. The number of amides is 1. The molecular formula is C19H21F3N2O5S. The first-order chi connectivity index (χ1) is 13.9. The molecule has 0 aliphatic heterocycles. The maximum atomic E-state index is 12.6. The third kappa shape index (κ3) is 6.55. The molecule has 0 radical (unpaired) electrons. The van der Waals surface area contributed by atoms with Gasteiger partial charge in [0.25, 0.3) is 0 Å². The molecule has 11 heteroatoms. The van der Waals surface area contributed by atoms with Gasteiger partial charge in [-0.15, -0.1) is 13.2 Å². The summed E-state index contributed by atoms with van der Waals surface area (Å²) in [5.41, 5.74) is 0.444. The van der Waals surface area contributed by atoms with Crippen LogP contribution in [0.25, 0.3) is 0 Å². The Morgan fingerprint density at radius 3 is 2.07 bits per heavy atom. The van der Waals surface area contributed by atoms with Crippen molar-refractivity contribution in [3.05, 3.63) is 48.5 Å². The van der Waals surface area contributed by atoms with Gasteiger partial charge in [0.05, 0.1) is 18.6 Å². The van der Waals surface area contributed by atoms with Crippen molar-refractivity contribution < 1.29 is 35.9 Å². The van der Waals surface area contributed by atoms with E-state index >= 15 is 0 Å². The predicted octanol–water partition coefficient (Wildman–Crippen LogP) is 3.78. The number of carbonyl (C=O) groups excluding carboxylic acids is 1. The van der Waals surface area contributed by atoms with Crippen molar-refractivity contribution in [3.63, 3.8) is 0 Å². The Balaban J connectivity index is 2.18. The van der Waals surface area contributed by atoms with E-state index < -0.39 is 34.1 Å². The van der Waals surface area contributed by atoms with Crippen LogP contribution in [-0.2, 0) is 14.8 Å². The van der Waals surface area contributed by atoms with Crippen LogP contribution in [0.2, 0.25) is 0 Å². The van der Waals surface area contributed by atoms with Crippen LogP contribution in [0, 0.1) is 0 Å². The van der Waals surface area contributed by atoms with Gasteiger partial charge in [-0.25, -0.2) is 8.42 Å². The van der Waals surface area contributed by atoms with Gasteiger partial charge in [-0.3, -0.25) is 9.10 Å². The Kier molecular flexibility index (Phi) is 7.19. The molecule has 0 aliphatic rings. The minimum Gasteiger partial charge on any atom is -0.494 e. The lowest BCUT2D eigenvalue weighted by molar-refractivity contribution is -0.274. The molecule has 7 nitrogen and oxygen atoms in total. The van der Waals surface area contributed by atoms with Crippen molar-refractivity contribution in [2.24, 2.45) is 0 Å². The van der Waals surface area contributed by atoms with E-state index in [1.54, 1.807) is 12.1 Å². The van der Waals surface area contributed by atoms with E-state index in [0.29, 0.717) is 12.4 Å². The normalized spacial score (nSPS) is 12.7. The number of halogens is 3. The monoisotopic (exact) mass is 446 g/mol. The van der Waals surface area contributed by atoms with Gasteiger partial charge in [0.2, 0.25) is 15.9 Å². The Labute approximate surface area is 172 Å². The molecule has 2 aromatic rings. The van der Waals surface area contributed by atoms with Gasteiger partial charge in [-0.1, -0.05) is 0 Å². The summed E-state index contributed by atoms with van der Waals surface area (Å²) in [4.78, 5) is 12.6. The summed E-state index contributed by atoms with van der Waals surface area (Å²) >= 11 is 0. The van der Waals surface area contributed by atoms with Crippen LogP contribution in [0.4, 0.5) is 24.5 Å². The summed E-state index contributed by atoms with van der Waals surface area (Å²) in [6.45, 7) is 3.65. The molecule has 2 aromatic carbocycles. The Bertz CT molecular complexity index is 961. The van der Waals surface area contributed by atoms with Crippen molar-refractivity contribution in [2.45, 2.75) is 26.3 Å². The fraction of sp³-hybridized carbons (Fsp3) is 0.316. The van der Waals surface area contributed by atoms with E-state index in [1.807, 2.05) is 6.92 Å². The molecule has 0 heterocycles. The number of benzene rings is 2. The van der Waals surface area contributed by atoms with Gasteiger partial charge < -0.3 is 14.8 Å². The van der Waals surface area contributed by atoms with Gasteiger partial charge in [0, 0.05) is 5.69 Å². The highest BCUT2D eigenvalue weighted by molar-refractivity contribution is 7.92. The minimum absolute atomic E-state index is 0.182. The Morgan fingerprint density at radius 1 is 1.07 bits per heavy atom. The van der Waals surface area contributed by atoms with Crippen LogP contribution in [0.15, 0.2) is 48.5 Å². The van der Waals surface area contributed by atoms with Gasteiger partial charge in [-0.2, -0.15) is 0 Å². The van der Waals surface area contributed by atoms with E-state index in [2.05, 4.69) is 10.1 Å². The largest absolute Gasteiger partial charge is 0.573 e. The van der Waals surface area contributed by atoms with Crippen LogP contribution >= 0.6 is 0 Å². The number of ether oxygens (including phenoxy) is 2. The van der Waals surface area contributed by atoms with Gasteiger partial charge >= 0.3 is 6.36 Å². The SMILES string of the molecule is CCOc1ccc(N([C@H](C)C(=O)Nc2ccc(OC(F)(F)F)cc2)S(C)(=O)=O)cc1. The highest BCUT2D eigenvalue weighted by Crippen LogP contribution is 2.26. The lowest BCUT2D eigenvalue weighted by Crippen LogP contribution is -2.45. The van der Waals surface area contributed by atoms with Crippen LogP contribution < -0.4 is 19.1 Å². The third-order valence-corrected chi connectivity index (χ3v) is 5.09. The number of rotatable bonds is 8. The number of alkyl halides is 3. The van der Waals surface area contributed by atoms with E-state index in [-0.39, 0.29) is 11.4 Å². The Hall–Kier alpha value is -2.95. The molecule has 1 amide bonds. The fourth-order valence-corrected chi connectivity index (χ4v) is 3.83. The third-order valence-electron chi connectivity index (χ3n) is 3.85. The second-order valence-electron chi connectivity index (χ2n) is 6.22. The molecule has 0 saturated heterocycles. The van der Waals surface area contributed by atoms with Crippen molar-refractivity contribution in [1.82, 2.24) is 0 Å². The second-order valence-corrected chi connectivity index (χ2v) is 8.08. The van der Waals surface area contributed by atoms with E-state index in [1.165, 1.54) is 31.2 Å². The highest BCUT2D eigenvalue weighted by atomic mass is 32.2. The molecule has 0 bridgehead atoms. The lowest BCUT2D eigenvalue weighted by atomic mass is 10.2. The number of anilines is 2. The number of hydrogen-bond donors (Lipinski definition) is 1. The van der Waals surface area contributed by atoms with Crippen molar-refractivity contribution >= 4 is 27.3 Å². The number of nitrogens with zero attached hydrogens (tertiary/aromatic N) is 1. The van der Waals surface area contributed by atoms with E-state index in [9.17, 15) is 26.4 Å². The molecule has 30 heavy (non-hydrogen) atoms. The zero-order valence-corrected chi connectivity index (χ0v) is 17.3. The number of hydrogen-bond acceptors (Lipinski definition) is 5. The minimum atomic E-state index is -4.83. The first kappa shape index (κ1) is 23.3. The molecule has 0 aromatic heterocycles. The number of sulfonamides is 1. The fourth-order valence-electron chi connectivity index (χ4n) is 2.65. The van der Waals surface area contributed by atoms with Crippen molar-refractivity contribution in [2.75, 3.05) is 22.5 Å². The molecule has 0 aliphatic carbocycles. The molecular weight excluding hydrogens is 425 g/mol. The maximum Gasteiger partial charge on any atom is 0.573 e. The molecule has 0 fully saturated rings. The van der Waals surface area contributed by atoms with Gasteiger partial charge in [-0.05, 0) is 62.4 Å². The predicted molar refractivity (Wildman–Crippen MR) is 106 cm³/mol. The summed E-state index contributed by atoms with van der Waals surface area (Å²) in [5.74, 6) is -0.563. The molecule has 1 N–H and O–H groups in total. The van der Waals surface area contributed by atoms with E-state index in [0.717, 1.165) is 22.7 Å². The van der Waals surface area contributed by atoms with Crippen LogP contribution in [0.1, 0.15) is 13.8 Å². The molecule has 0 unspecified atom stereocenters. The van der Waals surface area contributed by atoms with E-state index in [4.69, 9.17) is 4.74 Å².